The van der Waals surface area contributed by atoms with Gasteiger partial charge in [-0.15, -0.1) is 0 Å². The predicted octanol–water partition coefficient (Wildman–Crippen LogP) is 4.96. The average molecular weight is 482 g/mol. The van der Waals surface area contributed by atoms with Crippen LogP contribution in [0.15, 0.2) is 41.8 Å². The van der Waals surface area contributed by atoms with Crippen molar-refractivity contribution in [1.82, 2.24) is 9.97 Å². The maximum atomic E-state index is 15.0. The van der Waals surface area contributed by atoms with Crippen molar-refractivity contribution in [3.05, 3.63) is 70.3 Å². The van der Waals surface area contributed by atoms with Crippen molar-refractivity contribution in [3.8, 4) is 23.3 Å². The van der Waals surface area contributed by atoms with Crippen LogP contribution in [-0.2, 0) is 14.4 Å². The molecule has 3 aromatic rings. The summed E-state index contributed by atoms with van der Waals surface area (Å²) in [5.74, 6) is -6.32. The van der Waals surface area contributed by atoms with Crippen LogP contribution < -0.4 is 9.47 Å². The third-order valence-electron chi connectivity index (χ3n) is 4.17. The van der Waals surface area contributed by atoms with Crippen LogP contribution in [0.5, 0.6) is 23.3 Å². The summed E-state index contributed by atoms with van der Waals surface area (Å²) >= 11 is 6.04. The zero-order valence-electron chi connectivity index (χ0n) is 17.4. The second-order valence-corrected chi connectivity index (χ2v) is 6.65. The Bertz CT molecular complexity index is 1240. The van der Waals surface area contributed by atoms with E-state index in [1.807, 2.05) is 0 Å². The normalized spacial score (nSPS) is 11.2. The number of rotatable bonds is 7. The number of hydrogen-bond acceptors (Lipinski definition) is 8. The Morgan fingerprint density at radius 1 is 1.03 bits per heavy atom. The highest BCUT2D eigenvalue weighted by atomic mass is 35.5. The summed E-state index contributed by atoms with van der Waals surface area (Å²) in [5, 5.41) is 3.79. The smallest absolute Gasteiger partial charge is 0.361 e. The van der Waals surface area contributed by atoms with Gasteiger partial charge < -0.3 is 19.0 Å². The first kappa shape index (κ1) is 23.8. The van der Waals surface area contributed by atoms with Gasteiger partial charge in [0.15, 0.2) is 0 Å². The van der Waals surface area contributed by atoms with Crippen molar-refractivity contribution >= 4 is 23.3 Å². The van der Waals surface area contributed by atoms with Crippen LogP contribution in [0.4, 0.5) is 13.2 Å². The Kier molecular flexibility index (Phi) is 7.34. The quantitative estimate of drug-likeness (QED) is 0.267. The first-order valence-corrected chi connectivity index (χ1v) is 9.44. The first-order valence-electron chi connectivity index (χ1n) is 9.07. The van der Waals surface area contributed by atoms with Gasteiger partial charge in [0.25, 0.3) is 11.8 Å². The van der Waals surface area contributed by atoms with Gasteiger partial charge in [0.1, 0.15) is 36.6 Å². The van der Waals surface area contributed by atoms with E-state index in [4.69, 9.17) is 21.1 Å². The molecular formula is C21H15ClF3N3O5. The molecule has 0 spiro atoms. The number of ether oxygens (including phenoxy) is 3. The summed E-state index contributed by atoms with van der Waals surface area (Å²) in [7, 11) is 2.11. The Morgan fingerprint density at radius 2 is 1.70 bits per heavy atom. The molecule has 172 valence electrons. The molecule has 0 aliphatic carbocycles. The molecule has 0 bridgehead atoms. The van der Waals surface area contributed by atoms with Gasteiger partial charge in [0, 0.05) is 22.7 Å². The molecule has 0 aliphatic rings. The third kappa shape index (κ3) is 5.14. The molecule has 1 aromatic heterocycles. The largest absolute Gasteiger partial charge is 0.464 e. The third-order valence-corrected chi connectivity index (χ3v) is 4.58. The highest BCUT2D eigenvalue weighted by Crippen LogP contribution is 2.34. The van der Waals surface area contributed by atoms with E-state index >= 15 is 4.39 Å². The van der Waals surface area contributed by atoms with E-state index in [1.165, 1.54) is 6.07 Å². The number of halogens is 4. The second-order valence-electron chi connectivity index (χ2n) is 6.24. The van der Waals surface area contributed by atoms with Crippen molar-refractivity contribution in [1.29, 1.82) is 0 Å². The molecule has 12 heteroatoms. The van der Waals surface area contributed by atoms with Crippen LogP contribution in [-0.4, -0.2) is 35.9 Å². The van der Waals surface area contributed by atoms with Crippen molar-refractivity contribution in [2.45, 2.75) is 6.92 Å². The number of benzene rings is 2. The SMILES string of the molecule is CO/N=C(/C(=O)OC)c1c(F)cc(F)cc1Oc1ncnc(Oc2cccc(Cl)c2C)c1F. The van der Waals surface area contributed by atoms with Crippen LogP contribution in [0.3, 0.4) is 0 Å². The fourth-order valence-corrected chi connectivity index (χ4v) is 2.79. The zero-order chi connectivity index (χ0) is 24.1. The molecule has 1 heterocycles. The van der Waals surface area contributed by atoms with E-state index in [9.17, 15) is 13.6 Å². The van der Waals surface area contributed by atoms with Gasteiger partial charge in [-0.2, -0.15) is 14.4 Å². The molecule has 0 amide bonds. The van der Waals surface area contributed by atoms with Crippen LogP contribution in [0.25, 0.3) is 0 Å². The monoisotopic (exact) mass is 481 g/mol. The van der Waals surface area contributed by atoms with Gasteiger partial charge in [0.05, 0.1) is 12.7 Å². The van der Waals surface area contributed by atoms with Crippen molar-refractivity contribution in [3.63, 3.8) is 0 Å². The van der Waals surface area contributed by atoms with Gasteiger partial charge in [-0.1, -0.05) is 22.8 Å². The van der Waals surface area contributed by atoms with E-state index in [1.54, 1.807) is 19.1 Å². The summed E-state index contributed by atoms with van der Waals surface area (Å²) in [6.07, 6.45) is 0.910. The maximum absolute atomic E-state index is 15.0. The van der Waals surface area contributed by atoms with Gasteiger partial charge in [-0.25, -0.2) is 13.6 Å². The summed E-state index contributed by atoms with van der Waals surface area (Å²) in [6.45, 7) is 1.65. The topological polar surface area (TPSA) is 92.1 Å². The maximum Gasteiger partial charge on any atom is 0.361 e. The molecule has 0 fully saturated rings. The lowest BCUT2D eigenvalue weighted by Crippen LogP contribution is -2.20. The van der Waals surface area contributed by atoms with E-state index < -0.39 is 52.2 Å². The summed E-state index contributed by atoms with van der Waals surface area (Å²) < 4.78 is 58.9. The average Bonchev–Trinajstić information content (AvgIpc) is 2.77. The lowest BCUT2D eigenvalue weighted by molar-refractivity contribution is -0.132. The fourth-order valence-electron chi connectivity index (χ4n) is 2.62. The Morgan fingerprint density at radius 3 is 2.33 bits per heavy atom. The predicted molar refractivity (Wildman–Crippen MR) is 110 cm³/mol. The van der Waals surface area contributed by atoms with Gasteiger partial charge >= 0.3 is 5.97 Å². The van der Waals surface area contributed by atoms with Crippen LogP contribution in [0, 0.1) is 24.4 Å². The van der Waals surface area contributed by atoms with Crippen LogP contribution in [0.2, 0.25) is 5.02 Å². The fraction of sp³-hybridized carbons (Fsp3) is 0.143. The minimum atomic E-state index is -1.24. The minimum absolute atomic E-state index is 0.212. The van der Waals surface area contributed by atoms with Crippen molar-refractivity contribution < 1.29 is 37.0 Å². The van der Waals surface area contributed by atoms with Crippen molar-refractivity contribution in [2.75, 3.05) is 14.2 Å². The highest BCUT2D eigenvalue weighted by molar-refractivity contribution is 6.43. The van der Waals surface area contributed by atoms with E-state index in [0.717, 1.165) is 20.5 Å². The molecule has 0 aliphatic heterocycles. The van der Waals surface area contributed by atoms with Crippen LogP contribution in [0.1, 0.15) is 11.1 Å². The van der Waals surface area contributed by atoms with Gasteiger partial charge in [-0.05, 0) is 19.1 Å². The Balaban J connectivity index is 2.05. The first-order chi connectivity index (χ1) is 15.8. The van der Waals surface area contributed by atoms with Crippen LogP contribution >= 0.6 is 11.6 Å². The lowest BCUT2D eigenvalue weighted by Gasteiger charge is -2.14. The molecule has 0 saturated heterocycles. The second kappa shape index (κ2) is 10.2. The molecule has 2 aromatic carbocycles. The lowest BCUT2D eigenvalue weighted by atomic mass is 10.1. The molecule has 33 heavy (non-hydrogen) atoms. The summed E-state index contributed by atoms with van der Waals surface area (Å²) in [4.78, 5) is 23.9. The Labute approximate surface area is 190 Å². The molecule has 0 atom stereocenters. The standard InChI is InChI=1S/C21H15ClF3N3O5/c1-10-12(22)5-4-6-14(10)32-19-17(25)20(27-9-26-19)33-15-8-11(23)7-13(24)16(15)18(28-31-3)21(29)30-2/h4-9H,1-3H3/b28-18+. The van der Waals surface area contributed by atoms with E-state index in [2.05, 4.69) is 24.7 Å². The summed E-state index contributed by atoms with van der Waals surface area (Å²) in [5.41, 5.74) is -0.808. The number of aromatic nitrogens is 2. The number of methoxy groups -OCH3 is 1. The molecule has 0 N–H and O–H groups in total. The number of oxime groups is 1. The van der Waals surface area contributed by atoms with Gasteiger partial charge in [-0.3, -0.25) is 0 Å². The zero-order valence-corrected chi connectivity index (χ0v) is 18.1. The van der Waals surface area contributed by atoms with Gasteiger partial charge in [0.2, 0.25) is 11.5 Å². The van der Waals surface area contributed by atoms with E-state index in [0.29, 0.717) is 22.7 Å². The minimum Gasteiger partial charge on any atom is -0.464 e. The molecule has 0 unspecified atom stereocenters. The highest BCUT2D eigenvalue weighted by Gasteiger charge is 2.27. The number of carbonyl (C=O) groups is 1. The molecule has 0 radical (unpaired) electrons. The number of carbonyl (C=O) groups excluding carboxylic acids is 1. The summed E-state index contributed by atoms with van der Waals surface area (Å²) in [6, 6.07) is 5.92. The molecular weight excluding hydrogens is 467 g/mol. The molecule has 8 nitrogen and oxygen atoms in total. The molecule has 0 saturated carbocycles. The Hall–Kier alpha value is -3.86. The number of hydrogen-bond donors (Lipinski definition) is 0. The molecule has 3 rings (SSSR count). The van der Waals surface area contributed by atoms with Crippen molar-refractivity contribution in [2.24, 2.45) is 5.16 Å². The number of esters is 1. The number of nitrogens with zero attached hydrogens (tertiary/aromatic N) is 3. The van der Waals surface area contributed by atoms with E-state index in [-0.39, 0.29) is 5.75 Å².